The second-order valence-corrected chi connectivity index (χ2v) is 8.53. The van der Waals surface area contributed by atoms with E-state index in [1.54, 1.807) is 23.0 Å². The van der Waals surface area contributed by atoms with Crippen molar-refractivity contribution in [2.45, 2.75) is 44.8 Å². The summed E-state index contributed by atoms with van der Waals surface area (Å²) in [6, 6.07) is 5.62. The van der Waals surface area contributed by atoms with Gasteiger partial charge in [0.1, 0.15) is 6.07 Å². The molecule has 10 heteroatoms. The first-order valence-corrected chi connectivity index (χ1v) is 11.0. The van der Waals surface area contributed by atoms with Gasteiger partial charge in [0.15, 0.2) is 11.5 Å². The highest BCUT2D eigenvalue weighted by molar-refractivity contribution is 5.99. The number of nitrogens with one attached hydrogen (secondary N) is 2. The third-order valence-electron chi connectivity index (χ3n) is 5.63. The van der Waals surface area contributed by atoms with Gasteiger partial charge in [0.2, 0.25) is 0 Å². The lowest BCUT2D eigenvalue weighted by atomic mass is 9.91. The molecule has 0 saturated carbocycles. The number of rotatable bonds is 7. The van der Waals surface area contributed by atoms with Gasteiger partial charge in [0.25, 0.3) is 5.91 Å². The molecule has 0 unspecified atom stereocenters. The van der Waals surface area contributed by atoms with Gasteiger partial charge >= 0.3 is 0 Å². The van der Waals surface area contributed by atoms with Crippen LogP contribution in [-0.4, -0.2) is 62.2 Å². The summed E-state index contributed by atoms with van der Waals surface area (Å²) in [5.74, 6) is 0.230. The summed E-state index contributed by atoms with van der Waals surface area (Å²) < 4.78 is 6.88. The zero-order valence-corrected chi connectivity index (χ0v) is 18.7. The highest BCUT2D eigenvalue weighted by atomic mass is 16.5. The fourth-order valence-corrected chi connectivity index (χ4v) is 3.83. The summed E-state index contributed by atoms with van der Waals surface area (Å²) in [7, 11) is 0. The van der Waals surface area contributed by atoms with Crippen molar-refractivity contribution in [1.29, 1.82) is 5.26 Å². The average molecular weight is 450 g/mol. The smallest absolute Gasteiger partial charge is 0.254 e. The Morgan fingerprint density at radius 3 is 2.79 bits per heavy atom. The van der Waals surface area contributed by atoms with E-state index in [1.807, 2.05) is 13.8 Å². The van der Waals surface area contributed by atoms with E-state index in [4.69, 9.17) is 10.00 Å². The molecule has 4 rings (SSSR count). The first kappa shape index (κ1) is 22.6. The molecule has 3 aromatic rings. The number of fused-ring (bicyclic) bond motifs is 1. The van der Waals surface area contributed by atoms with E-state index in [2.05, 4.69) is 31.8 Å². The number of pyridine rings is 2. The third kappa shape index (κ3) is 5.10. The van der Waals surface area contributed by atoms with E-state index < -0.39 is 5.60 Å². The molecule has 1 saturated heterocycles. The van der Waals surface area contributed by atoms with Crippen LogP contribution in [0.5, 0.6) is 0 Å². The van der Waals surface area contributed by atoms with Crippen LogP contribution in [0.1, 0.15) is 49.0 Å². The second kappa shape index (κ2) is 9.52. The number of hydrogen-bond acceptors (Lipinski definition) is 8. The Hall–Kier alpha value is -3.55. The SMILES string of the molecule is CC(C)Nc1cc(-n2ncc3cc(C#N)cnc32)ncc1C(=O)NCCC1(O)CCOCC1. The molecule has 1 aliphatic heterocycles. The van der Waals surface area contributed by atoms with Gasteiger partial charge in [-0.15, -0.1) is 0 Å². The summed E-state index contributed by atoms with van der Waals surface area (Å²) in [5.41, 5.74) is 1.25. The number of ether oxygens (including phenoxy) is 1. The lowest BCUT2D eigenvalue weighted by Gasteiger charge is -2.32. The molecule has 1 amide bonds. The fourth-order valence-electron chi connectivity index (χ4n) is 3.83. The minimum Gasteiger partial charge on any atom is -0.390 e. The van der Waals surface area contributed by atoms with Crippen LogP contribution < -0.4 is 10.6 Å². The predicted molar refractivity (Wildman–Crippen MR) is 122 cm³/mol. The van der Waals surface area contributed by atoms with E-state index in [0.717, 1.165) is 5.39 Å². The Morgan fingerprint density at radius 1 is 1.27 bits per heavy atom. The molecule has 3 N–H and O–H groups in total. The minimum absolute atomic E-state index is 0.0837. The number of hydrogen-bond donors (Lipinski definition) is 3. The van der Waals surface area contributed by atoms with Gasteiger partial charge in [0.05, 0.1) is 28.6 Å². The molecule has 10 nitrogen and oxygen atoms in total. The third-order valence-corrected chi connectivity index (χ3v) is 5.63. The lowest BCUT2D eigenvalue weighted by molar-refractivity contribution is -0.0670. The van der Waals surface area contributed by atoms with E-state index in [1.165, 1.54) is 12.4 Å². The molecule has 0 atom stereocenters. The molecule has 0 radical (unpaired) electrons. The van der Waals surface area contributed by atoms with Crippen LogP contribution in [-0.2, 0) is 4.74 Å². The summed E-state index contributed by atoms with van der Waals surface area (Å²) >= 11 is 0. The topological polar surface area (TPSA) is 138 Å². The Balaban J connectivity index is 1.55. The van der Waals surface area contributed by atoms with Crippen LogP contribution in [0.2, 0.25) is 0 Å². The van der Waals surface area contributed by atoms with E-state index in [-0.39, 0.29) is 11.9 Å². The molecule has 172 valence electrons. The number of carbonyl (C=O) groups excluding carboxylic acids is 1. The molecule has 0 spiro atoms. The van der Waals surface area contributed by atoms with E-state index in [9.17, 15) is 9.90 Å². The Kier molecular flexibility index (Phi) is 6.53. The minimum atomic E-state index is -0.799. The molecule has 1 fully saturated rings. The van der Waals surface area contributed by atoms with Gasteiger partial charge < -0.3 is 20.5 Å². The average Bonchev–Trinajstić information content (AvgIpc) is 3.22. The zero-order valence-electron chi connectivity index (χ0n) is 18.7. The molecular weight excluding hydrogens is 422 g/mol. The Labute approximate surface area is 191 Å². The predicted octanol–water partition coefficient (Wildman–Crippen LogP) is 2.17. The van der Waals surface area contributed by atoms with Crippen molar-refractivity contribution in [3.8, 4) is 11.9 Å². The number of anilines is 1. The van der Waals surface area contributed by atoms with Gasteiger partial charge in [0, 0.05) is 49.6 Å². The van der Waals surface area contributed by atoms with Gasteiger partial charge in [-0.2, -0.15) is 15.0 Å². The van der Waals surface area contributed by atoms with E-state index >= 15 is 0 Å². The van der Waals surface area contributed by atoms with Crippen LogP contribution in [0.25, 0.3) is 16.9 Å². The molecule has 4 heterocycles. The molecule has 0 aromatic carbocycles. The normalized spacial score (nSPS) is 15.4. The van der Waals surface area contributed by atoms with Gasteiger partial charge in [-0.25, -0.2) is 9.97 Å². The van der Waals surface area contributed by atoms with Crippen molar-refractivity contribution in [2.75, 3.05) is 25.1 Å². The quantitative estimate of drug-likeness (QED) is 0.499. The van der Waals surface area contributed by atoms with Crippen LogP contribution in [0.4, 0.5) is 5.69 Å². The largest absolute Gasteiger partial charge is 0.390 e. The standard InChI is InChI=1S/C23H27N7O3/c1-15(2)29-19-10-20(30-21-17(13-28-30)9-16(11-24)12-27-21)26-14-18(19)22(31)25-6-3-23(32)4-7-33-8-5-23/h9-10,12-15,32H,3-8H2,1-2H3,(H,25,31)(H,26,29). The second-order valence-electron chi connectivity index (χ2n) is 8.53. The van der Waals surface area contributed by atoms with Gasteiger partial charge in [-0.3, -0.25) is 4.79 Å². The monoisotopic (exact) mass is 449 g/mol. The zero-order chi connectivity index (χ0) is 23.4. The molecule has 3 aromatic heterocycles. The van der Waals surface area contributed by atoms with Crippen molar-refractivity contribution in [2.24, 2.45) is 0 Å². The Morgan fingerprint density at radius 2 is 2.06 bits per heavy atom. The first-order valence-electron chi connectivity index (χ1n) is 11.0. The van der Waals surface area contributed by atoms with Crippen LogP contribution in [0.3, 0.4) is 0 Å². The number of carbonyl (C=O) groups is 1. The maximum atomic E-state index is 12.9. The highest BCUT2D eigenvalue weighted by Crippen LogP contribution is 2.24. The maximum Gasteiger partial charge on any atom is 0.254 e. The molecule has 1 aliphatic rings. The number of aliphatic hydroxyl groups is 1. The summed E-state index contributed by atoms with van der Waals surface area (Å²) in [5, 5.41) is 31.0. The van der Waals surface area contributed by atoms with Crippen molar-refractivity contribution >= 4 is 22.6 Å². The van der Waals surface area contributed by atoms with Crippen LogP contribution >= 0.6 is 0 Å². The molecular formula is C23H27N7O3. The summed E-state index contributed by atoms with van der Waals surface area (Å²) in [4.78, 5) is 21.7. The lowest BCUT2D eigenvalue weighted by Crippen LogP contribution is -2.40. The van der Waals surface area contributed by atoms with Crippen molar-refractivity contribution in [3.05, 3.63) is 41.9 Å². The van der Waals surface area contributed by atoms with Gasteiger partial charge in [-0.05, 0) is 39.2 Å². The van der Waals surface area contributed by atoms with Crippen molar-refractivity contribution in [3.63, 3.8) is 0 Å². The van der Waals surface area contributed by atoms with Crippen molar-refractivity contribution < 1.29 is 14.6 Å². The van der Waals surface area contributed by atoms with Crippen molar-refractivity contribution in [1.82, 2.24) is 25.1 Å². The first-order chi connectivity index (χ1) is 15.9. The highest BCUT2D eigenvalue weighted by Gasteiger charge is 2.29. The van der Waals surface area contributed by atoms with Crippen LogP contribution in [0.15, 0.2) is 30.7 Å². The fraction of sp³-hybridized carbons (Fsp3) is 0.435. The summed E-state index contributed by atoms with van der Waals surface area (Å²) in [6.07, 6.45) is 6.23. The van der Waals surface area contributed by atoms with Crippen LogP contribution in [0, 0.1) is 11.3 Å². The Bertz CT molecular complexity index is 1190. The van der Waals surface area contributed by atoms with E-state index in [0.29, 0.717) is 67.3 Å². The molecule has 0 aliphatic carbocycles. The summed E-state index contributed by atoms with van der Waals surface area (Å²) in [6.45, 7) is 5.39. The molecule has 33 heavy (non-hydrogen) atoms. The number of amides is 1. The number of aromatic nitrogens is 4. The number of nitriles is 1. The van der Waals surface area contributed by atoms with Gasteiger partial charge in [-0.1, -0.05) is 0 Å². The maximum absolute atomic E-state index is 12.9. The molecule has 0 bridgehead atoms. The number of nitrogens with zero attached hydrogens (tertiary/aromatic N) is 5.